The molecule has 0 spiro atoms. The summed E-state index contributed by atoms with van der Waals surface area (Å²) in [7, 11) is -5.16. The molecule has 0 aliphatic carbocycles. The van der Waals surface area contributed by atoms with E-state index in [0.717, 1.165) is 34.9 Å². The van der Waals surface area contributed by atoms with Crippen LogP contribution in [0.2, 0.25) is 0 Å². The maximum atomic E-state index is 13.8. The zero-order valence-electron chi connectivity index (χ0n) is 21.9. The average Bonchev–Trinajstić information content (AvgIpc) is 2.91. The molecule has 7 nitrogen and oxygen atoms in total. The van der Waals surface area contributed by atoms with Crippen LogP contribution in [0.1, 0.15) is 32.7 Å². The lowest BCUT2D eigenvalue weighted by atomic mass is 10.1. The normalized spacial score (nSPS) is 12.6. The number of anilines is 1. The van der Waals surface area contributed by atoms with E-state index in [1.54, 1.807) is 31.2 Å². The Morgan fingerprint density at radius 3 is 2.20 bits per heavy atom. The summed E-state index contributed by atoms with van der Waals surface area (Å²) in [5.74, 6) is -0.804. The number of aryl methyl sites for hydroxylation is 1. The maximum absolute atomic E-state index is 13.8. The number of H-pyrrole nitrogens is 1. The van der Waals surface area contributed by atoms with Crippen molar-refractivity contribution in [1.29, 1.82) is 0 Å². The fourth-order valence-corrected chi connectivity index (χ4v) is 6.03. The summed E-state index contributed by atoms with van der Waals surface area (Å²) in [4.78, 5) is 30.5. The molecule has 12 heteroatoms. The number of benzene rings is 3. The van der Waals surface area contributed by atoms with Crippen molar-refractivity contribution in [3.8, 4) is 0 Å². The van der Waals surface area contributed by atoms with Crippen LogP contribution in [-0.4, -0.2) is 29.8 Å². The van der Waals surface area contributed by atoms with Crippen molar-refractivity contribution in [2.24, 2.45) is 0 Å². The van der Waals surface area contributed by atoms with Gasteiger partial charge in [-0.3, -0.25) is 13.8 Å². The molecule has 3 aromatic carbocycles. The van der Waals surface area contributed by atoms with Crippen LogP contribution in [-0.2, 0) is 39.1 Å². The van der Waals surface area contributed by atoms with Gasteiger partial charge in [0.1, 0.15) is 5.56 Å². The molecule has 1 N–H and O–H groups in total. The van der Waals surface area contributed by atoms with Gasteiger partial charge in [0, 0.05) is 17.6 Å². The molecule has 4 rings (SSSR count). The Balaban J connectivity index is 1.77. The summed E-state index contributed by atoms with van der Waals surface area (Å²) in [6, 6.07) is 19.8. The summed E-state index contributed by atoms with van der Waals surface area (Å²) in [6.45, 7) is 1.27. The third-order valence-electron chi connectivity index (χ3n) is 6.23. The maximum Gasteiger partial charge on any atom is 0.416 e. The number of aromatic nitrogens is 1. The van der Waals surface area contributed by atoms with Crippen LogP contribution in [0.3, 0.4) is 0 Å². The summed E-state index contributed by atoms with van der Waals surface area (Å²) in [6.07, 6.45) is -3.66. The first-order chi connectivity index (χ1) is 19.2. The van der Waals surface area contributed by atoms with Gasteiger partial charge in [-0.2, -0.15) is 13.2 Å². The van der Waals surface area contributed by atoms with Gasteiger partial charge in [-0.15, -0.1) is 0 Å². The first-order valence-electron chi connectivity index (χ1n) is 12.2. The standard InChI is InChI=1S/C29H25F3N2O5S2/c1-19-26(40(37)18-21-7-4-3-5-8-21)16-25(27(35)33-19)28(36)34(23-10-6-9-22(15-23)29(30,31)32)17-20-11-13-24(14-12-20)41(2,38)39/h3-16H,17-18H2,1-2H3,(H,33,35). The van der Waals surface area contributed by atoms with Crippen molar-refractivity contribution in [2.75, 3.05) is 11.2 Å². The predicted octanol–water partition coefficient (Wildman–Crippen LogP) is 5.26. The van der Waals surface area contributed by atoms with Crippen molar-refractivity contribution in [1.82, 2.24) is 4.98 Å². The van der Waals surface area contributed by atoms with Crippen LogP contribution in [0.25, 0.3) is 0 Å². The number of pyridine rings is 1. The van der Waals surface area contributed by atoms with E-state index in [1.165, 1.54) is 36.4 Å². The molecule has 1 aromatic heterocycles. The number of hydrogen-bond acceptors (Lipinski definition) is 5. The molecule has 214 valence electrons. The molecule has 4 aromatic rings. The van der Waals surface area contributed by atoms with Crippen LogP contribution in [0, 0.1) is 6.92 Å². The lowest BCUT2D eigenvalue weighted by Gasteiger charge is -2.24. The van der Waals surface area contributed by atoms with Gasteiger partial charge in [-0.05, 0) is 54.4 Å². The first kappa shape index (κ1) is 29.9. The highest BCUT2D eigenvalue weighted by Gasteiger charge is 2.32. The molecule has 0 saturated carbocycles. The van der Waals surface area contributed by atoms with Crippen LogP contribution < -0.4 is 10.5 Å². The van der Waals surface area contributed by atoms with Crippen LogP contribution in [0.5, 0.6) is 0 Å². The van der Waals surface area contributed by atoms with E-state index >= 15 is 0 Å². The minimum atomic E-state index is -4.69. The van der Waals surface area contributed by atoms with Gasteiger partial charge in [-0.25, -0.2) is 8.42 Å². The lowest BCUT2D eigenvalue weighted by molar-refractivity contribution is -0.137. The minimum Gasteiger partial charge on any atom is -0.325 e. The lowest BCUT2D eigenvalue weighted by Crippen LogP contribution is -2.35. The SMILES string of the molecule is Cc1[nH]c(=O)c(C(=O)N(Cc2ccc(S(C)(=O)=O)cc2)c2cccc(C(F)(F)F)c2)cc1S(=O)Cc1ccccc1. The average molecular weight is 603 g/mol. The number of carbonyl (C=O) groups excluding carboxylic acids is 1. The summed E-state index contributed by atoms with van der Waals surface area (Å²) < 4.78 is 77.5. The number of nitrogens with one attached hydrogen (secondary N) is 1. The Bertz CT molecular complexity index is 1770. The Hall–Kier alpha value is -4.03. The highest BCUT2D eigenvalue weighted by Crippen LogP contribution is 2.32. The topological polar surface area (TPSA) is 104 Å². The molecular weight excluding hydrogens is 577 g/mol. The highest BCUT2D eigenvalue weighted by atomic mass is 32.2. The number of halogens is 3. The number of hydrogen-bond donors (Lipinski definition) is 1. The number of nitrogens with zero attached hydrogens (tertiary/aromatic N) is 1. The van der Waals surface area contributed by atoms with Crippen molar-refractivity contribution in [2.45, 2.75) is 35.2 Å². The molecule has 0 bridgehead atoms. The van der Waals surface area contributed by atoms with Crippen LogP contribution in [0.15, 0.2) is 99.5 Å². The van der Waals surface area contributed by atoms with E-state index in [9.17, 15) is 35.4 Å². The Kier molecular flexibility index (Phi) is 8.64. The number of aromatic amines is 1. The monoisotopic (exact) mass is 602 g/mol. The van der Waals surface area contributed by atoms with Crippen LogP contribution >= 0.6 is 0 Å². The number of rotatable bonds is 8. The largest absolute Gasteiger partial charge is 0.416 e. The molecule has 1 unspecified atom stereocenters. The Morgan fingerprint density at radius 1 is 0.927 bits per heavy atom. The van der Waals surface area contributed by atoms with Gasteiger partial charge in [0.05, 0.1) is 38.5 Å². The smallest absolute Gasteiger partial charge is 0.325 e. The molecule has 1 heterocycles. The summed E-state index contributed by atoms with van der Waals surface area (Å²) in [5.41, 5.74) is -0.865. The minimum absolute atomic E-state index is 0.0266. The highest BCUT2D eigenvalue weighted by molar-refractivity contribution is 7.90. The fraction of sp³-hybridized carbons (Fsp3) is 0.172. The van der Waals surface area contributed by atoms with Crippen molar-refractivity contribution < 1.29 is 30.6 Å². The van der Waals surface area contributed by atoms with E-state index in [4.69, 9.17) is 0 Å². The fourth-order valence-electron chi connectivity index (χ4n) is 4.10. The molecule has 0 fully saturated rings. The third-order valence-corrected chi connectivity index (χ3v) is 8.87. The van der Waals surface area contributed by atoms with Gasteiger partial charge >= 0.3 is 6.18 Å². The summed E-state index contributed by atoms with van der Waals surface area (Å²) in [5, 5.41) is 0. The van der Waals surface area contributed by atoms with Gasteiger partial charge in [0.25, 0.3) is 11.5 Å². The van der Waals surface area contributed by atoms with Gasteiger partial charge in [0.15, 0.2) is 9.84 Å². The molecule has 0 aliphatic heterocycles. The van der Waals surface area contributed by atoms with Crippen molar-refractivity contribution in [3.63, 3.8) is 0 Å². The molecule has 41 heavy (non-hydrogen) atoms. The van der Waals surface area contributed by atoms with Gasteiger partial charge < -0.3 is 9.88 Å². The van der Waals surface area contributed by atoms with Gasteiger partial charge in [0.2, 0.25) is 0 Å². The number of alkyl halides is 3. The molecule has 0 radical (unpaired) electrons. The Labute approximate surface area is 237 Å². The van der Waals surface area contributed by atoms with E-state index in [0.29, 0.717) is 11.3 Å². The molecular formula is C29H25F3N2O5S2. The molecule has 0 saturated heterocycles. The number of amides is 1. The van der Waals surface area contributed by atoms with E-state index in [-0.39, 0.29) is 27.8 Å². The third kappa shape index (κ3) is 7.19. The second-order valence-electron chi connectivity index (χ2n) is 9.33. The van der Waals surface area contributed by atoms with E-state index in [1.807, 2.05) is 6.07 Å². The van der Waals surface area contributed by atoms with Crippen LogP contribution in [0.4, 0.5) is 18.9 Å². The summed E-state index contributed by atoms with van der Waals surface area (Å²) >= 11 is 0. The number of carbonyl (C=O) groups is 1. The predicted molar refractivity (Wildman–Crippen MR) is 150 cm³/mol. The quantitative estimate of drug-likeness (QED) is 0.296. The van der Waals surface area contributed by atoms with E-state index < -0.39 is 49.4 Å². The molecule has 0 aliphatic rings. The molecule has 1 amide bonds. The number of sulfone groups is 1. The van der Waals surface area contributed by atoms with Crippen molar-refractivity contribution >= 4 is 32.2 Å². The zero-order valence-corrected chi connectivity index (χ0v) is 23.6. The second-order valence-corrected chi connectivity index (χ2v) is 12.8. The van der Waals surface area contributed by atoms with Crippen molar-refractivity contribution in [3.05, 3.63) is 123 Å². The molecule has 1 atom stereocenters. The zero-order chi connectivity index (χ0) is 29.9. The second kappa shape index (κ2) is 11.8. The first-order valence-corrected chi connectivity index (χ1v) is 15.4. The Morgan fingerprint density at radius 2 is 1.59 bits per heavy atom. The van der Waals surface area contributed by atoms with E-state index in [2.05, 4.69) is 4.98 Å². The van der Waals surface area contributed by atoms with Gasteiger partial charge in [-0.1, -0.05) is 48.5 Å².